The van der Waals surface area contributed by atoms with Crippen molar-refractivity contribution >= 4 is 32.6 Å². The molecule has 6 nitrogen and oxygen atoms in total. The largest absolute Gasteiger partial charge is 0.497 e. The Hall–Kier alpha value is -2.87. The summed E-state index contributed by atoms with van der Waals surface area (Å²) >= 11 is 1.42. The standard InChI is InChI=1S/C21H22FN3O3S/c1-27-13-7-9-18(28-2)14(11-13)20(26)23-15-4-3-5-16(15)24-21-25-17-8-6-12(22)10-19(17)29-21/h6-11,15-16H,3-5H2,1-2H3,(H,23,26)(H,24,25). The number of benzene rings is 2. The fraction of sp³-hybridized carbons (Fsp3) is 0.333. The fourth-order valence-corrected chi connectivity index (χ4v) is 4.61. The smallest absolute Gasteiger partial charge is 0.255 e. The summed E-state index contributed by atoms with van der Waals surface area (Å²) in [5.74, 6) is 0.620. The summed E-state index contributed by atoms with van der Waals surface area (Å²) < 4.78 is 24.8. The maximum absolute atomic E-state index is 13.4. The first-order valence-electron chi connectivity index (χ1n) is 9.43. The number of carbonyl (C=O) groups is 1. The number of anilines is 1. The van der Waals surface area contributed by atoms with Crippen LogP contribution in [0, 0.1) is 5.82 Å². The van der Waals surface area contributed by atoms with Gasteiger partial charge in [-0.2, -0.15) is 0 Å². The molecule has 0 bridgehead atoms. The molecule has 1 aliphatic carbocycles. The molecule has 1 heterocycles. The Kier molecular flexibility index (Phi) is 5.53. The van der Waals surface area contributed by atoms with Crippen molar-refractivity contribution in [3.05, 3.63) is 47.8 Å². The van der Waals surface area contributed by atoms with E-state index in [1.807, 2.05) is 0 Å². The Labute approximate surface area is 172 Å². The average Bonchev–Trinajstić information content (AvgIpc) is 3.33. The predicted molar refractivity (Wildman–Crippen MR) is 112 cm³/mol. The number of nitrogens with zero attached hydrogens (tertiary/aromatic N) is 1. The summed E-state index contributed by atoms with van der Waals surface area (Å²) in [6.07, 6.45) is 2.79. The molecule has 2 atom stereocenters. The number of fused-ring (bicyclic) bond motifs is 1. The van der Waals surface area contributed by atoms with Gasteiger partial charge in [0, 0.05) is 12.1 Å². The molecule has 8 heteroatoms. The minimum absolute atomic E-state index is 0.0397. The summed E-state index contributed by atoms with van der Waals surface area (Å²) in [4.78, 5) is 17.4. The normalized spacial score (nSPS) is 18.6. The first-order valence-corrected chi connectivity index (χ1v) is 10.2. The molecule has 0 spiro atoms. The minimum atomic E-state index is -0.272. The molecule has 2 unspecified atom stereocenters. The van der Waals surface area contributed by atoms with E-state index in [2.05, 4.69) is 15.6 Å². The van der Waals surface area contributed by atoms with Gasteiger partial charge in [0.1, 0.15) is 17.3 Å². The minimum Gasteiger partial charge on any atom is -0.497 e. The number of nitrogens with one attached hydrogen (secondary N) is 2. The highest BCUT2D eigenvalue weighted by molar-refractivity contribution is 7.22. The van der Waals surface area contributed by atoms with Crippen LogP contribution in [0.3, 0.4) is 0 Å². The molecule has 2 aromatic carbocycles. The molecule has 0 radical (unpaired) electrons. The van der Waals surface area contributed by atoms with E-state index in [1.54, 1.807) is 31.4 Å². The van der Waals surface area contributed by atoms with Gasteiger partial charge >= 0.3 is 0 Å². The summed E-state index contributed by atoms with van der Waals surface area (Å²) in [5, 5.41) is 7.27. The average molecular weight is 415 g/mol. The first-order chi connectivity index (χ1) is 14.1. The first kappa shape index (κ1) is 19.4. The van der Waals surface area contributed by atoms with E-state index in [9.17, 15) is 9.18 Å². The lowest BCUT2D eigenvalue weighted by Gasteiger charge is -2.22. The van der Waals surface area contributed by atoms with E-state index in [4.69, 9.17) is 9.47 Å². The van der Waals surface area contributed by atoms with Crippen molar-refractivity contribution < 1.29 is 18.7 Å². The highest BCUT2D eigenvalue weighted by atomic mass is 32.1. The van der Waals surface area contributed by atoms with Crippen LogP contribution in [0.15, 0.2) is 36.4 Å². The molecule has 4 rings (SSSR count). The summed E-state index contributed by atoms with van der Waals surface area (Å²) in [6.45, 7) is 0. The Morgan fingerprint density at radius 2 is 1.97 bits per heavy atom. The molecule has 1 aliphatic rings. The zero-order chi connectivity index (χ0) is 20.4. The van der Waals surface area contributed by atoms with E-state index in [-0.39, 0.29) is 23.8 Å². The third-order valence-electron chi connectivity index (χ3n) is 5.14. The van der Waals surface area contributed by atoms with Gasteiger partial charge in [0.15, 0.2) is 5.13 Å². The van der Waals surface area contributed by atoms with Crippen molar-refractivity contribution in [1.29, 1.82) is 0 Å². The quantitative estimate of drug-likeness (QED) is 0.631. The van der Waals surface area contributed by atoms with E-state index in [1.165, 1.54) is 30.6 Å². The van der Waals surface area contributed by atoms with Crippen molar-refractivity contribution in [2.75, 3.05) is 19.5 Å². The van der Waals surface area contributed by atoms with Gasteiger partial charge in [-0.05, 0) is 55.7 Å². The molecule has 1 saturated carbocycles. The molecule has 3 aromatic rings. The number of hydrogen-bond acceptors (Lipinski definition) is 6. The number of thiazole rings is 1. The lowest BCUT2D eigenvalue weighted by molar-refractivity contribution is 0.0932. The molecule has 1 amide bonds. The van der Waals surface area contributed by atoms with Crippen LogP contribution >= 0.6 is 11.3 Å². The number of ether oxygens (including phenoxy) is 2. The molecule has 2 N–H and O–H groups in total. The van der Waals surface area contributed by atoms with Crippen LogP contribution in [0.1, 0.15) is 29.6 Å². The topological polar surface area (TPSA) is 72.5 Å². The number of amides is 1. The van der Waals surface area contributed by atoms with Gasteiger partial charge in [-0.1, -0.05) is 11.3 Å². The second-order valence-electron chi connectivity index (χ2n) is 6.96. The Bertz CT molecular complexity index is 1040. The highest BCUT2D eigenvalue weighted by Crippen LogP contribution is 2.31. The summed E-state index contributed by atoms with van der Waals surface area (Å²) in [5.41, 5.74) is 1.20. The van der Waals surface area contributed by atoms with Crippen molar-refractivity contribution in [2.45, 2.75) is 31.3 Å². The summed E-state index contributed by atoms with van der Waals surface area (Å²) in [6, 6.07) is 9.74. The molecule has 1 aromatic heterocycles. The SMILES string of the molecule is COc1ccc(OC)c(C(=O)NC2CCCC2Nc2nc3ccc(F)cc3s2)c1. The Morgan fingerprint density at radius 3 is 2.76 bits per heavy atom. The molecule has 152 valence electrons. The van der Waals surface area contributed by atoms with Gasteiger partial charge in [-0.3, -0.25) is 4.79 Å². The Morgan fingerprint density at radius 1 is 1.14 bits per heavy atom. The second-order valence-corrected chi connectivity index (χ2v) is 7.99. The number of rotatable bonds is 6. The summed E-state index contributed by atoms with van der Waals surface area (Å²) in [7, 11) is 3.10. The van der Waals surface area contributed by atoms with E-state index < -0.39 is 0 Å². The predicted octanol–water partition coefficient (Wildman–Crippen LogP) is 4.22. The van der Waals surface area contributed by atoms with Crippen LogP contribution in [-0.4, -0.2) is 37.2 Å². The van der Waals surface area contributed by atoms with Gasteiger partial charge < -0.3 is 20.1 Å². The maximum Gasteiger partial charge on any atom is 0.255 e. The van der Waals surface area contributed by atoms with Gasteiger partial charge in [0.05, 0.1) is 30.0 Å². The van der Waals surface area contributed by atoms with Crippen LogP contribution in [0.25, 0.3) is 10.2 Å². The third-order valence-corrected chi connectivity index (χ3v) is 6.09. The lowest BCUT2D eigenvalue weighted by atomic mass is 10.1. The molecule has 0 aliphatic heterocycles. The molecular formula is C21H22FN3O3S. The number of hydrogen-bond donors (Lipinski definition) is 2. The molecular weight excluding hydrogens is 393 g/mol. The number of carbonyl (C=O) groups excluding carboxylic acids is 1. The van der Waals surface area contributed by atoms with Crippen LogP contribution in [0.5, 0.6) is 11.5 Å². The molecule has 29 heavy (non-hydrogen) atoms. The van der Waals surface area contributed by atoms with Gasteiger partial charge in [-0.25, -0.2) is 9.37 Å². The van der Waals surface area contributed by atoms with Crippen molar-refractivity contribution in [2.24, 2.45) is 0 Å². The number of methoxy groups -OCH3 is 2. The van der Waals surface area contributed by atoms with Crippen molar-refractivity contribution in [3.63, 3.8) is 0 Å². The third kappa shape index (κ3) is 4.12. The van der Waals surface area contributed by atoms with Crippen LogP contribution in [0.2, 0.25) is 0 Å². The van der Waals surface area contributed by atoms with Crippen LogP contribution in [0.4, 0.5) is 9.52 Å². The van der Waals surface area contributed by atoms with Crippen molar-refractivity contribution in [3.8, 4) is 11.5 Å². The monoisotopic (exact) mass is 415 g/mol. The Balaban J connectivity index is 1.49. The van der Waals surface area contributed by atoms with E-state index in [0.29, 0.717) is 17.1 Å². The number of halogens is 1. The maximum atomic E-state index is 13.4. The number of aromatic nitrogens is 1. The van der Waals surface area contributed by atoms with E-state index >= 15 is 0 Å². The van der Waals surface area contributed by atoms with Gasteiger partial charge in [0.25, 0.3) is 5.91 Å². The molecule has 1 fully saturated rings. The second kappa shape index (κ2) is 8.24. The van der Waals surface area contributed by atoms with Gasteiger partial charge in [0.2, 0.25) is 0 Å². The van der Waals surface area contributed by atoms with Crippen molar-refractivity contribution in [1.82, 2.24) is 10.3 Å². The van der Waals surface area contributed by atoms with E-state index in [0.717, 1.165) is 34.6 Å². The highest BCUT2D eigenvalue weighted by Gasteiger charge is 2.30. The fourth-order valence-electron chi connectivity index (χ4n) is 3.66. The zero-order valence-corrected chi connectivity index (χ0v) is 17.0. The van der Waals surface area contributed by atoms with Gasteiger partial charge in [-0.15, -0.1) is 0 Å². The van der Waals surface area contributed by atoms with Crippen LogP contribution in [-0.2, 0) is 0 Å². The molecule has 0 saturated heterocycles. The van der Waals surface area contributed by atoms with Crippen LogP contribution < -0.4 is 20.1 Å². The zero-order valence-electron chi connectivity index (χ0n) is 16.2. The lowest BCUT2D eigenvalue weighted by Crippen LogP contribution is -2.43.